The predicted molar refractivity (Wildman–Crippen MR) is 112 cm³/mol. The van der Waals surface area contributed by atoms with Crippen molar-refractivity contribution in [3.05, 3.63) is 71.3 Å². The fourth-order valence-corrected chi connectivity index (χ4v) is 2.98. The SMILES string of the molecule is Cl.ClC1=C(CN=Nc2ccccc2)CCCC1=NCNc1ccccc1. The van der Waals surface area contributed by atoms with Gasteiger partial charge in [-0.2, -0.15) is 10.2 Å². The average molecular weight is 389 g/mol. The van der Waals surface area contributed by atoms with Crippen LogP contribution in [0.3, 0.4) is 0 Å². The maximum Gasteiger partial charge on any atom is 0.108 e. The molecule has 2 aromatic carbocycles. The van der Waals surface area contributed by atoms with Gasteiger partial charge in [-0.05, 0) is 49.1 Å². The maximum atomic E-state index is 6.53. The Hall–Kier alpha value is -2.17. The summed E-state index contributed by atoms with van der Waals surface area (Å²) in [5, 5.41) is 12.6. The predicted octanol–water partition coefficient (Wildman–Crippen LogP) is 6.38. The van der Waals surface area contributed by atoms with Crippen LogP contribution in [0.25, 0.3) is 0 Å². The molecule has 0 aromatic heterocycles. The van der Waals surface area contributed by atoms with Gasteiger partial charge in [0.2, 0.25) is 0 Å². The van der Waals surface area contributed by atoms with Crippen molar-refractivity contribution in [2.45, 2.75) is 19.3 Å². The first kappa shape index (κ1) is 20.1. The number of allylic oxidation sites excluding steroid dienone is 1. The molecule has 0 atom stereocenters. The van der Waals surface area contributed by atoms with E-state index in [1.54, 1.807) is 0 Å². The first-order valence-electron chi connectivity index (χ1n) is 8.45. The number of azo groups is 1. The molecule has 0 bridgehead atoms. The molecule has 3 rings (SSSR count). The normalized spacial score (nSPS) is 16.0. The van der Waals surface area contributed by atoms with Crippen LogP contribution >= 0.6 is 24.0 Å². The van der Waals surface area contributed by atoms with E-state index in [0.717, 1.165) is 47.0 Å². The van der Waals surface area contributed by atoms with Crippen molar-refractivity contribution in [2.24, 2.45) is 15.2 Å². The van der Waals surface area contributed by atoms with Crippen LogP contribution in [-0.4, -0.2) is 18.9 Å². The minimum absolute atomic E-state index is 0. The van der Waals surface area contributed by atoms with Gasteiger partial charge in [0.05, 0.1) is 23.0 Å². The van der Waals surface area contributed by atoms with E-state index in [9.17, 15) is 0 Å². The average Bonchev–Trinajstić information content (AvgIpc) is 2.66. The molecule has 26 heavy (non-hydrogen) atoms. The number of aliphatic imine (C=N–C) groups is 1. The summed E-state index contributed by atoms with van der Waals surface area (Å²) in [5.74, 6) is 0. The Morgan fingerprint density at radius 2 is 1.62 bits per heavy atom. The van der Waals surface area contributed by atoms with Crippen molar-refractivity contribution >= 4 is 41.1 Å². The van der Waals surface area contributed by atoms with Crippen LogP contribution in [0.15, 0.2) is 86.5 Å². The third-order valence-corrected chi connectivity index (χ3v) is 4.47. The van der Waals surface area contributed by atoms with Crippen LogP contribution < -0.4 is 5.32 Å². The molecule has 0 saturated heterocycles. The Bertz CT molecular complexity index is 771. The van der Waals surface area contributed by atoms with E-state index in [2.05, 4.69) is 20.5 Å². The second-order valence-electron chi connectivity index (χ2n) is 5.81. The lowest BCUT2D eigenvalue weighted by Gasteiger charge is -2.17. The van der Waals surface area contributed by atoms with Crippen LogP contribution in [0, 0.1) is 0 Å². The number of hydrogen-bond donors (Lipinski definition) is 1. The summed E-state index contributed by atoms with van der Waals surface area (Å²) < 4.78 is 0. The lowest BCUT2D eigenvalue weighted by Crippen LogP contribution is -2.12. The summed E-state index contributed by atoms with van der Waals surface area (Å²) in [7, 11) is 0. The van der Waals surface area contributed by atoms with E-state index >= 15 is 0 Å². The fourth-order valence-electron chi connectivity index (χ4n) is 2.67. The number of anilines is 1. The molecule has 0 radical (unpaired) electrons. The quantitative estimate of drug-likeness (QED) is 0.573. The first-order valence-corrected chi connectivity index (χ1v) is 8.83. The van der Waals surface area contributed by atoms with Gasteiger partial charge in [0.25, 0.3) is 0 Å². The molecule has 136 valence electrons. The third kappa shape index (κ3) is 5.97. The summed E-state index contributed by atoms with van der Waals surface area (Å²) in [5.41, 5.74) is 3.99. The Morgan fingerprint density at radius 3 is 2.35 bits per heavy atom. The van der Waals surface area contributed by atoms with E-state index in [4.69, 9.17) is 11.6 Å². The van der Waals surface area contributed by atoms with Gasteiger partial charge in [-0.15, -0.1) is 12.4 Å². The molecule has 0 amide bonds. The second-order valence-corrected chi connectivity index (χ2v) is 6.19. The van der Waals surface area contributed by atoms with Gasteiger partial charge in [0.1, 0.15) is 6.67 Å². The van der Waals surface area contributed by atoms with Crippen molar-refractivity contribution in [3.8, 4) is 0 Å². The van der Waals surface area contributed by atoms with E-state index in [1.165, 1.54) is 0 Å². The van der Waals surface area contributed by atoms with Crippen LogP contribution in [0.5, 0.6) is 0 Å². The highest BCUT2D eigenvalue weighted by Crippen LogP contribution is 2.26. The fraction of sp³-hybridized carbons (Fsp3) is 0.250. The van der Waals surface area contributed by atoms with Gasteiger partial charge < -0.3 is 5.32 Å². The standard InChI is InChI=1S/C20H21ClN4.ClH/c21-20-16(14-24-25-18-11-5-2-6-12-18)8-7-13-19(20)23-15-22-17-9-3-1-4-10-17;/h1-6,9-12,22H,7-8,13-15H2;1H. The van der Waals surface area contributed by atoms with E-state index in [1.807, 2.05) is 60.7 Å². The zero-order valence-electron chi connectivity index (χ0n) is 14.4. The Labute approximate surface area is 165 Å². The Kier molecular flexibility index (Phi) is 8.32. The Balaban J connectivity index is 0.00000243. The molecule has 0 heterocycles. The van der Waals surface area contributed by atoms with Gasteiger partial charge in [-0.25, -0.2) is 0 Å². The van der Waals surface area contributed by atoms with Crippen molar-refractivity contribution < 1.29 is 0 Å². The molecule has 0 spiro atoms. The van der Waals surface area contributed by atoms with Crippen LogP contribution in [-0.2, 0) is 0 Å². The van der Waals surface area contributed by atoms with Crippen molar-refractivity contribution in [1.82, 2.24) is 0 Å². The second kappa shape index (κ2) is 10.7. The highest BCUT2D eigenvalue weighted by atomic mass is 35.5. The molecule has 1 N–H and O–H groups in total. The summed E-state index contributed by atoms with van der Waals surface area (Å²) >= 11 is 6.53. The molecular weight excluding hydrogens is 367 g/mol. The molecule has 0 aliphatic heterocycles. The topological polar surface area (TPSA) is 49.1 Å². The Morgan fingerprint density at radius 1 is 0.923 bits per heavy atom. The molecule has 0 saturated carbocycles. The zero-order chi connectivity index (χ0) is 17.3. The van der Waals surface area contributed by atoms with Crippen LogP contribution in [0.2, 0.25) is 0 Å². The molecule has 6 heteroatoms. The highest BCUT2D eigenvalue weighted by Gasteiger charge is 2.16. The van der Waals surface area contributed by atoms with Crippen LogP contribution in [0.1, 0.15) is 19.3 Å². The minimum Gasteiger partial charge on any atom is -0.366 e. The minimum atomic E-state index is 0. The van der Waals surface area contributed by atoms with Crippen molar-refractivity contribution in [2.75, 3.05) is 18.5 Å². The zero-order valence-corrected chi connectivity index (χ0v) is 16.0. The lowest BCUT2D eigenvalue weighted by molar-refractivity contribution is 0.798. The summed E-state index contributed by atoms with van der Waals surface area (Å²) in [4.78, 5) is 4.62. The van der Waals surface area contributed by atoms with Crippen molar-refractivity contribution in [1.29, 1.82) is 0 Å². The lowest BCUT2D eigenvalue weighted by atomic mass is 9.98. The number of nitrogens with zero attached hydrogens (tertiary/aromatic N) is 3. The van der Waals surface area contributed by atoms with E-state index in [0.29, 0.717) is 13.2 Å². The highest BCUT2D eigenvalue weighted by molar-refractivity contribution is 6.44. The number of hydrogen-bond acceptors (Lipinski definition) is 4. The van der Waals surface area contributed by atoms with Gasteiger partial charge in [-0.1, -0.05) is 48.0 Å². The number of halogens is 2. The van der Waals surface area contributed by atoms with E-state index < -0.39 is 0 Å². The van der Waals surface area contributed by atoms with E-state index in [-0.39, 0.29) is 12.4 Å². The molecule has 1 aliphatic carbocycles. The number of benzene rings is 2. The third-order valence-electron chi connectivity index (χ3n) is 3.99. The molecule has 0 fully saturated rings. The molecule has 1 aliphatic rings. The largest absolute Gasteiger partial charge is 0.366 e. The maximum absolute atomic E-state index is 6.53. The number of nitrogens with one attached hydrogen (secondary N) is 1. The van der Waals surface area contributed by atoms with Gasteiger partial charge >= 0.3 is 0 Å². The van der Waals surface area contributed by atoms with Crippen molar-refractivity contribution in [3.63, 3.8) is 0 Å². The van der Waals surface area contributed by atoms with Gasteiger partial charge in [0, 0.05) is 5.69 Å². The molecule has 0 unspecified atom stereocenters. The summed E-state index contributed by atoms with van der Waals surface area (Å²) in [6.45, 7) is 1.05. The van der Waals surface area contributed by atoms with Gasteiger partial charge in [0.15, 0.2) is 0 Å². The number of rotatable bonds is 6. The molecule has 4 nitrogen and oxygen atoms in total. The summed E-state index contributed by atoms with van der Waals surface area (Å²) in [6, 6.07) is 19.8. The van der Waals surface area contributed by atoms with Crippen LogP contribution in [0.4, 0.5) is 11.4 Å². The smallest absolute Gasteiger partial charge is 0.108 e. The molecular formula is C20H22Cl2N4. The summed E-state index contributed by atoms with van der Waals surface area (Å²) in [6.07, 6.45) is 2.92. The first-order chi connectivity index (χ1) is 12.3. The monoisotopic (exact) mass is 388 g/mol. The van der Waals surface area contributed by atoms with Gasteiger partial charge in [-0.3, -0.25) is 4.99 Å². The molecule has 2 aromatic rings. The number of para-hydroxylation sites is 1.